The standard InChI is InChI=1S/C29H27BO2/c1-23(2)30-31-28(24-15-7-3-8-16-24,25-17-9-4-10-18-25)29(32-30,26-19-11-5-12-20-26)27-21-13-6-14-22-27/h3-23H,1-2H3. The molecule has 0 unspecified atom stereocenters. The van der Waals surface area contributed by atoms with Crippen molar-refractivity contribution in [2.75, 3.05) is 0 Å². The van der Waals surface area contributed by atoms with Crippen molar-refractivity contribution in [2.24, 2.45) is 0 Å². The monoisotopic (exact) mass is 418 g/mol. The predicted octanol–water partition coefficient (Wildman–Crippen LogP) is 6.82. The van der Waals surface area contributed by atoms with E-state index in [1.54, 1.807) is 0 Å². The van der Waals surface area contributed by atoms with Crippen LogP contribution in [0.3, 0.4) is 0 Å². The predicted molar refractivity (Wildman–Crippen MR) is 130 cm³/mol. The molecule has 0 spiro atoms. The molecule has 0 N–H and O–H groups in total. The Balaban J connectivity index is 1.93. The maximum absolute atomic E-state index is 7.09. The maximum atomic E-state index is 7.09. The van der Waals surface area contributed by atoms with Gasteiger partial charge in [-0.15, -0.1) is 0 Å². The fraction of sp³-hybridized carbons (Fsp3) is 0.172. The highest BCUT2D eigenvalue weighted by molar-refractivity contribution is 6.47. The van der Waals surface area contributed by atoms with Crippen LogP contribution in [0.15, 0.2) is 121 Å². The fourth-order valence-corrected chi connectivity index (χ4v) is 4.92. The van der Waals surface area contributed by atoms with E-state index >= 15 is 0 Å². The summed E-state index contributed by atoms with van der Waals surface area (Å²) in [6.07, 6.45) is 0. The molecule has 2 nitrogen and oxygen atoms in total. The molecule has 158 valence electrons. The molecule has 5 rings (SSSR count). The minimum absolute atomic E-state index is 0.177. The van der Waals surface area contributed by atoms with E-state index in [1.165, 1.54) is 0 Å². The van der Waals surface area contributed by atoms with Crippen LogP contribution in [0.1, 0.15) is 36.1 Å². The molecule has 1 saturated heterocycles. The van der Waals surface area contributed by atoms with Crippen LogP contribution in [-0.4, -0.2) is 7.12 Å². The Morgan fingerprint density at radius 2 is 0.719 bits per heavy atom. The second kappa shape index (κ2) is 8.42. The van der Waals surface area contributed by atoms with Crippen molar-refractivity contribution in [3.63, 3.8) is 0 Å². The molecular formula is C29H27BO2. The Morgan fingerprint density at radius 3 is 0.938 bits per heavy atom. The zero-order valence-corrected chi connectivity index (χ0v) is 18.5. The van der Waals surface area contributed by atoms with Crippen LogP contribution in [0, 0.1) is 0 Å². The van der Waals surface area contributed by atoms with Crippen LogP contribution in [0.2, 0.25) is 5.82 Å². The van der Waals surface area contributed by atoms with Crippen LogP contribution in [0.4, 0.5) is 0 Å². The quantitative estimate of drug-likeness (QED) is 0.331. The summed E-state index contributed by atoms with van der Waals surface area (Å²) >= 11 is 0. The molecule has 1 aliphatic heterocycles. The van der Waals surface area contributed by atoms with Crippen LogP contribution >= 0.6 is 0 Å². The van der Waals surface area contributed by atoms with Crippen LogP contribution in [-0.2, 0) is 20.5 Å². The lowest BCUT2D eigenvalue weighted by atomic mass is 9.66. The summed E-state index contributed by atoms with van der Waals surface area (Å²) in [7, 11) is -0.379. The molecule has 0 atom stereocenters. The fourth-order valence-electron chi connectivity index (χ4n) is 4.92. The first kappa shape index (κ1) is 20.8. The van der Waals surface area contributed by atoms with Crippen molar-refractivity contribution < 1.29 is 9.31 Å². The second-order valence-electron chi connectivity index (χ2n) is 8.67. The van der Waals surface area contributed by atoms with Crippen molar-refractivity contribution in [3.8, 4) is 0 Å². The van der Waals surface area contributed by atoms with Crippen LogP contribution in [0.5, 0.6) is 0 Å². The van der Waals surface area contributed by atoms with E-state index in [2.05, 4.69) is 111 Å². The number of hydrogen-bond acceptors (Lipinski definition) is 2. The van der Waals surface area contributed by atoms with Crippen LogP contribution in [0.25, 0.3) is 0 Å². The first-order valence-corrected chi connectivity index (χ1v) is 11.3. The lowest BCUT2D eigenvalue weighted by Gasteiger charge is -2.46. The third-order valence-corrected chi connectivity index (χ3v) is 6.35. The molecule has 1 aliphatic rings. The maximum Gasteiger partial charge on any atom is 0.461 e. The van der Waals surface area contributed by atoms with Crippen molar-refractivity contribution in [3.05, 3.63) is 144 Å². The molecule has 4 aromatic rings. The zero-order chi connectivity index (χ0) is 22.0. The van der Waals surface area contributed by atoms with Crippen molar-refractivity contribution in [2.45, 2.75) is 30.9 Å². The Bertz CT molecular complexity index is 975. The van der Waals surface area contributed by atoms with Gasteiger partial charge in [0, 0.05) is 0 Å². The topological polar surface area (TPSA) is 18.5 Å². The van der Waals surface area contributed by atoms with Gasteiger partial charge in [-0.25, -0.2) is 0 Å². The first-order valence-electron chi connectivity index (χ1n) is 11.3. The van der Waals surface area contributed by atoms with Gasteiger partial charge >= 0.3 is 7.12 Å². The number of hydrogen-bond donors (Lipinski definition) is 0. The minimum Gasteiger partial charge on any atom is -0.394 e. The Kier molecular flexibility index (Phi) is 5.46. The molecule has 0 amide bonds. The lowest BCUT2D eigenvalue weighted by molar-refractivity contribution is 0.00370. The van der Waals surface area contributed by atoms with Crippen molar-refractivity contribution in [1.82, 2.24) is 0 Å². The highest BCUT2D eigenvalue weighted by Gasteiger charge is 2.65. The van der Waals surface area contributed by atoms with Crippen molar-refractivity contribution in [1.29, 1.82) is 0 Å². The minimum atomic E-state index is -0.868. The molecular weight excluding hydrogens is 391 g/mol. The van der Waals surface area contributed by atoms with Gasteiger partial charge in [-0.05, 0) is 28.1 Å². The molecule has 0 radical (unpaired) electrons. The summed E-state index contributed by atoms with van der Waals surface area (Å²) in [4.78, 5) is 0. The van der Waals surface area contributed by atoms with Gasteiger partial charge in [-0.3, -0.25) is 0 Å². The third kappa shape index (κ3) is 3.12. The van der Waals surface area contributed by atoms with E-state index in [1.807, 2.05) is 24.3 Å². The molecule has 32 heavy (non-hydrogen) atoms. The number of benzene rings is 4. The zero-order valence-electron chi connectivity index (χ0n) is 18.5. The molecule has 1 heterocycles. The van der Waals surface area contributed by atoms with Gasteiger partial charge < -0.3 is 9.31 Å². The average Bonchev–Trinajstić information content (AvgIpc) is 3.25. The summed E-state index contributed by atoms with van der Waals surface area (Å²) in [5.74, 6) is 0.177. The van der Waals surface area contributed by atoms with Gasteiger partial charge in [0.1, 0.15) is 11.2 Å². The van der Waals surface area contributed by atoms with Gasteiger partial charge in [0.2, 0.25) is 0 Å². The van der Waals surface area contributed by atoms with Crippen molar-refractivity contribution >= 4 is 7.12 Å². The molecule has 0 saturated carbocycles. The molecule has 0 bridgehead atoms. The van der Waals surface area contributed by atoms with Gasteiger partial charge in [0.15, 0.2) is 0 Å². The molecule has 3 heteroatoms. The van der Waals surface area contributed by atoms with Gasteiger partial charge in [-0.2, -0.15) is 0 Å². The Morgan fingerprint density at radius 1 is 0.469 bits per heavy atom. The van der Waals surface area contributed by atoms with E-state index < -0.39 is 11.2 Å². The van der Waals surface area contributed by atoms with Crippen LogP contribution < -0.4 is 0 Å². The normalized spacial score (nSPS) is 16.9. The summed E-state index contributed by atoms with van der Waals surface area (Å²) in [6, 6.07) is 42.0. The SMILES string of the molecule is CC(C)B1OC(c2ccccc2)(c2ccccc2)C(c2ccccc2)(c2ccccc2)O1. The van der Waals surface area contributed by atoms with E-state index in [-0.39, 0.29) is 12.9 Å². The Hall–Kier alpha value is -3.14. The third-order valence-electron chi connectivity index (χ3n) is 6.35. The van der Waals surface area contributed by atoms with E-state index in [4.69, 9.17) is 9.31 Å². The highest BCUT2D eigenvalue weighted by Crippen LogP contribution is 2.59. The molecule has 0 aromatic heterocycles. The highest BCUT2D eigenvalue weighted by atomic mass is 16.7. The molecule has 4 aromatic carbocycles. The van der Waals surface area contributed by atoms with Gasteiger partial charge in [0.05, 0.1) is 0 Å². The van der Waals surface area contributed by atoms with E-state index in [0.717, 1.165) is 22.3 Å². The smallest absolute Gasteiger partial charge is 0.394 e. The lowest BCUT2D eigenvalue weighted by Crippen LogP contribution is -2.48. The summed E-state index contributed by atoms with van der Waals surface area (Å²) < 4.78 is 14.2. The largest absolute Gasteiger partial charge is 0.461 e. The van der Waals surface area contributed by atoms with E-state index in [0.29, 0.717) is 0 Å². The van der Waals surface area contributed by atoms with Gasteiger partial charge in [0.25, 0.3) is 0 Å². The average molecular weight is 418 g/mol. The summed E-state index contributed by atoms with van der Waals surface area (Å²) in [6.45, 7) is 4.30. The van der Waals surface area contributed by atoms with E-state index in [9.17, 15) is 0 Å². The summed E-state index contributed by atoms with van der Waals surface area (Å²) in [5, 5.41) is 0. The summed E-state index contributed by atoms with van der Waals surface area (Å²) in [5.41, 5.74) is 2.55. The number of rotatable bonds is 5. The first-order chi connectivity index (χ1) is 15.7. The Labute approximate surface area is 191 Å². The second-order valence-corrected chi connectivity index (χ2v) is 8.67. The molecule has 1 fully saturated rings. The van der Waals surface area contributed by atoms with Gasteiger partial charge in [-0.1, -0.05) is 135 Å². The molecule has 0 aliphatic carbocycles.